The van der Waals surface area contributed by atoms with Crippen LogP contribution in [0.25, 0.3) is 10.4 Å². The molecule has 7 rings (SSSR count). The summed E-state index contributed by atoms with van der Waals surface area (Å²) >= 11 is 2.11. The Hall–Kier alpha value is -2.40. The average Bonchev–Trinajstić information content (AvgIpc) is 3.68. The molecular formula is C32H32F3NO4S2. The highest BCUT2D eigenvalue weighted by atomic mass is 32.2. The van der Waals surface area contributed by atoms with Gasteiger partial charge in [0.05, 0.1) is 18.3 Å². The first-order chi connectivity index (χ1) is 20.0. The summed E-state index contributed by atoms with van der Waals surface area (Å²) in [7, 11) is 0. The van der Waals surface area contributed by atoms with Crippen molar-refractivity contribution in [2.45, 2.75) is 56.7 Å². The molecule has 222 valence electrons. The molecule has 1 saturated heterocycles. The molecule has 0 spiro atoms. The molecule has 0 amide bonds. The van der Waals surface area contributed by atoms with Crippen molar-refractivity contribution in [1.82, 2.24) is 0 Å². The van der Waals surface area contributed by atoms with Crippen LogP contribution in [0.3, 0.4) is 0 Å². The van der Waals surface area contributed by atoms with Crippen LogP contribution in [-0.2, 0) is 14.4 Å². The molecule has 2 heterocycles. The predicted molar refractivity (Wildman–Crippen MR) is 157 cm³/mol. The topological polar surface area (TPSA) is 66.8 Å². The average molecular weight is 616 g/mol. The number of aliphatic hydroxyl groups excluding tert-OH is 1. The van der Waals surface area contributed by atoms with Gasteiger partial charge in [0, 0.05) is 33.1 Å². The number of ketones is 1. The Morgan fingerprint density at radius 2 is 1.98 bits per heavy atom. The van der Waals surface area contributed by atoms with Crippen molar-refractivity contribution < 1.29 is 32.7 Å². The van der Waals surface area contributed by atoms with Crippen LogP contribution in [0.2, 0.25) is 0 Å². The summed E-state index contributed by atoms with van der Waals surface area (Å²) in [6, 6.07) is 10.7. The second-order valence-corrected chi connectivity index (χ2v) is 14.5. The van der Waals surface area contributed by atoms with Gasteiger partial charge < -0.3 is 5.11 Å². The largest absolute Gasteiger partial charge is 0.390 e. The van der Waals surface area contributed by atoms with Gasteiger partial charge in [0.1, 0.15) is 12.2 Å². The number of hydrogen-bond donors (Lipinski definition) is 1. The van der Waals surface area contributed by atoms with E-state index in [1.165, 1.54) is 18.2 Å². The van der Waals surface area contributed by atoms with Crippen LogP contribution in [0.1, 0.15) is 33.1 Å². The second kappa shape index (κ2) is 9.55. The lowest BCUT2D eigenvalue weighted by molar-refractivity contribution is -0.225. The summed E-state index contributed by atoms with van der Waals surface area (Å²) in [5.74, 6) is -2.29. The van der Waals surface area contributed by atoms with Gasteiger partial charge in [0.25, 0.3) is 0 Å². The minimum absolute atomic E-state index is 0.0565. The number of fused-ring (bicyclic) bond motifs is 7. The lowest BCUT2D eigenvalue weighted by Gasteiger charge is -2.63. The van der Waals surface area contributed by atoms with E-state index in [9.17, 15) is 19.1 Å². The molecule has 4 aliphatic carbocycles. The Bertz CT molecular complexity index is 1510. The third-order valence-corrected chi connectivity index (χ3v) is 12.6. The fraction of sp³-hybridized carbons (Fsp3) is 0.500. The van der Waals surface area contributed by atoms with Crippen molar-refractivity contribution in [2.75, 3.05) is 17.6 Å². The molecule has 10 heteroatoms. The molecule has 5 nitrogen and oxygen atoms in total. The van der Waals surface area contributed by atoms with Crippen molar-refractivity contribution in [3.63, 3.8) is 0 Å². The number of thiophene rings is 1. The van der Waals surface area contributed by atoms with Gasteiger partial charge >= 0.3 is 0 Å². The Labute approximate surface area is 250 Å². The Morgan fingerprint density at radius 3 is 2.71 bits per heavy atom. The molecule has 0 bridgehead atoms. The van der Waals surface area contributed by atoms with Crippen LogP contribution in [0.4, 0.5) is 18.9 Å². The number of anilines is 1. The highest BCUT2D eigenvalue weighted by molar-refractivity contribution is 8.13. The van der Waals surface area contributed by atoms with E-state index in [1.807, 2.05) is 48.7 Å². The number of alkyl halides is 3. The summed E-state index contributed by atoms with van der Waals surface area (Å²) in [6.07, 6.45) is 0.702. The number of hydrogen-bond acceptors (Lipinski definition) is 7. The molecular weight excluding hydrogens is 583 g/mol. The number of para-hydroxylation sites is 1. The number of allylic oxidation sites excluding steroid dienone is 4. The summed E-state index contributed by atoms with van der Waals surface area (Å²) in [5, 5.41) is 14.9. The molecule has 5 aliphatic rings. The molecule has 1 aromatic heterocycles. The summed E-state index contributed by atoms with van der Waals surface area (Å²) in [4.78, 5) is 33.9. The minimum atomic E-state index is -2.26. The fourth-order valence-electron chi connectivity index (χ4n) is 9.22. The van der Waals surface area contributed by atoms with Gasteiger partial charge in [0.2, 0.25) is 5.12 Å². The SMILES string of the molecule is C[C@]12C=CC(=O)C=C1[C@@H](F)C[C@H]1[C@@H]3C[C@H]4CN(c5ccccc5-c5cccs5)O[C@@]4(C(=O)SCF)[C@@]3(C)C[C@H](O)[C@@]12F. The third-order valence-electron chi connectivity index (χ3n) is 11.1. The number of rotatable bonds is 4. The van der Waals surface area contributed by atoms with E-state index in [0.717, 1.165) is 16.1 Å². The van der Waals surface area contributed by atoms with E-state index in [4.69, 9.17) is 4.84 Å². The standard InChI is InChI=1S/C32H32F3NO4S2/c1-29-10-9-19(37)13-23(29)24(34)14-22-21-12-18-16-36(25-7-4-3-6-20(25)26-8-5-11-41-26)40-32(18,28(39)42-17-33)30(21,2)15-27(38)31(22,29)35/h3-11,13,18,21-22,24,27,38H,12,14-17H2,1-2H3/t18-,21-,22-,24-,27-,29-,30-,31-,32-/m0/s1. The van der Waals surface area contributed by atoms with E-state index in [-0.39, 0.29) is 18.4 Å². The van der Waals surface area contributed by atoms with E-state index in [0.29, 0.717) is 24.7 Å². The van der Waals surface area contributed by atoms with Gasteiger partial charge in [-0.15, -0.1) is 11.3 Å². The van der Waals surface area contributed by atoms with Crippen LogP contribution in [-0.4, -0.2) is 52.1 Å². The lowest BCUT2D eigenvalue weighted by atomic mass is 9.44. The number of aliphatic hydroxyl groups is 1. The molecule has 1 N–H and O–H groups in total. The van der Waals surface area contributed by atoms with Crippen molar-refractivity contribution >= 4 is 39.7 Å². The molecule has 0 radical (unpaired) electrons. The van der Waals surface area contributed by atoms with Gasteiger partial charge in [-0.1, -0.05) is 49.0 Å². The fourth-order valence-corrected chi connectivity index (χ4v) is 10.7. The quantitative estimate of drug-likeness (QED) is 0.416. The van der Waals surface area contributed by atoms with Crippen LogP contribution >= 0.6 is 23.1 Å². The minimum Gasteiger partial charge on any atom is -0.390 e. The van der Waals surface area contributed by atoms with Crippen LogP contribution in [0, 0.1) is 28.6 Å². The Balaban J connectivity index is 1.32. The normalized spacial score (nSPS) is 42.0. The monoisotopic (exact) mass is 615 g/mol. The number of carbonyl (C=O) groups is 2. The summed E-state index contributed by atoms with van der Waals surface area (Å²) < 4.78 is 47.2. The van der Waals surface area contributed by atoms with Gasteiger partial charge in [-0.25, -0.2) is 13.2 Å². The van der Waals surface area contributed by atoms with Crippen LogP contribution < -0.4 is 5.06 Å². The second-order valence-electron chi connectivity index (χ2n) is 12.7. The molecule has 4 fully saturated rings. The van der Waals surface area contributed by atoms with Gasteiger partial charge in [-0.3, -0.25) is 19.5 Å². The first-order valence-electron chi connectivity index (χ1n) is 14.3. The van der Waals surface area contributed by atoms with Crippen LogP contribution in [0.15, 0.2) is 65.6 Å². The molecule has 0 unspecified atom stereocenters. The zero-order valence-corrected chi connectivity index (χ0v) is 24.9. The number of benzene rings is 1. The van der Waals surface area contributed by atoms with E-state index >= 15 is 8.78 Å². The number of thioether (sulfide) groups is 1. The smallest absolute Gasteiger partial charge is 0.226 e. The first-order valence-corrected chi connectivity index (χ1v) is 16.2. The Morgan fingerprint density at radius 1 is 1.19 bits per heavy atom. The molecule has 9 atom stereocenters. The van der Waals surface area contributed by atoms with Crippen molar-refractivity contribution in [1.29, 1.82) is 0 Å². The van der Waals surface area contributed by atoms with E-state index in [2.05, 4.69) is 0 Å². The molecule has 42 heavy (non-hydrogen) atoms. The number of carbonyl (C=O) groups excluding carboxylic acids is 2. The number of nitrogens with zero attached hydrogens (tertiary/aromatic N) is 1. The first kappa shape index (κ1) is 28.4. The molecule has 3 saturated carbocycles. The van der Waals surface area contributed by atoms with Crippen molar-refractivity contribution in [3.05, 3.63) is 65.6 Å². The van der Waals surface area contributed by atoms with Gasteiger partial charge in [0.15, 0.2) is 17.1 Å². The predicted octanol–water partition coefficient (Wildman–Crippen LogP) is 6.64. The zero-order chi connectivity index (χ0) is 29.7. The summed E-state index contributed by atoms with van der Waals surface area (Å²) in [6.45, 7) is 3.69. The van der Waals surface area contributed by atoms with E-state index < -0.39 is 69.0 Å². The number of hydroxylamine groups is 1. The van der Waals surface area contributed by atoms with Gasteiger partial charge in [-0.2, -0.15) is 0 Å². The maximum atomic E-state index is 17.6. The number of halogens is 3. The maximum Gasteiger partial charge on any atom is 0.226 e. The molecule has 2 aromatic rings. The maximum absolute atomic E-state index is 17.6. The highest BCUT2D eigenvalue weighted by Gasteiger charge is 2.79. The third kappa shape index (κ3) is 3.46. The molecule has 1 aromatic carbocycles. The van der Waals surface area contributed by atoms with Crippen LogP contribution in [0.5, 0.6) is 0 Å². The lowest BCUT2D eigenvalue weighted by Crippen LogP contribution is -2.70. The van der Waals surface area contributed by atoms with E-state index in [1.54, 1.807) is 23.3 Å². The zero-order valence-electron chi connectivity index (χ0n) is 23.3. The Kier molecular flexibility index (Phi) is 6.45. The summed E-state index contributed by atoms with van der Waals surface area (Å²) in [5.41, 5.74) is -4.66. The molecule has 1 aliphatic heterocycles. The van der Waals surface area contributed by atoms with Gasteiger partial charge in [-0.05, 0) is 67.3 Å². The van der Waals surface area contributed by atoms with Crippen molar-refractivity contribution in [3.8, 4) is 10.4 Å². The highest BCUT2D eigenvalue weighted by Crippen LogP contribution is 2.73. The van der Waals surface area contributed by atoms with Crippen molar-refractivity contribution in [2.24, 2.45) is 28.6 Å².